The van der Waals surface area contributed by atoms with Gasteiger partial charge in [0.2, 0.25) is 5.91 Å². The number of nitrogens with zero attached hydrogens (tertiary/aromatic N) is 3. The largest absolute Gasteiger partial charge is 0.497 e. The molecule has 4 aromatic rings. The number of anilines is 2. The number of benzene rings is 3. The molecule has 0 radical (unpaired) electrons. The van der Waals surface area contributed by atoms with Crippen LogP contribution in [0.5, 0.6) is 11.5 Å². The Balaban J connectivity index is 1.43. The number of nitrogens with one attached hydrogen (secondary N) is 1. The van der Waals surface area contributed by atoms with Crippen LogP contribution >= 0.6 is 11.8 Å². The van der Waals surface area contributed by atoms with Gasteiger partial charge in [0.25, 0.3) is 5.56 Å². The van der Waals surface area contributed by atoms with Crippen LogP contribution in [0.25, 0.3) is 10.9 Å². The lowest BCUT2D eigenvalue weighted by atomic mass is 10.2. The summed E-state index contributed by atoms with van der Waals surface area (Å²) >= 11 is 1.23. The van der Waals surface area contributed by atoms with Gasteiger partial charge in [-0.25, -0.2) is 4.98 Å². The zero-order valence-corrected chi connectivity index (χ0v) is 22.7. The highest BCUT2D eigenvalue weighted by atomic mass is 32.2. The summed E-state index contributed by atoms with van der Waals surface area (Å²) in [5, 5.41) is 3.90. The first-order valence-corrected chi connectivity index (χ1v) is 13.6. The highest BCUT2D eigenvalue weighted by Crippen LogP contribution is 2.24. The third kappa shape index (κ3) is 6.35. The molecule has 0 spiro atoms. The summed E-state index contributed by atoms with van der Waals surface area (Å²) in [6, 6.07) is 20.5. The Hall–Kier alpha value is -4.02. The number of rotatable bonds is 9. The topological polar surface area (TPSA) is 94.9 Å². The van der Waals surface area contributed by atoms with Gasteiger partial charge < -0.3 is 24.4 Å². The van der Waals surface area contributed by atoms with Crippen LogP contribution in [0.2, 0.25) is 0 Å². The molecule has 1 aliphatic heterocycles. The first-order chi connectivity index (χ1) is 19.0. The molecule has 1 N–H and O–H groups in total. The molecule has 3 aromatic carbocycles. The van der Waals surface area contributed by atoms with Crippen molar-refractivity contribution in [1.82, 2.24) is 9.55 Å². The number of thioether (sulfide) groups is 1. The van der Waals surface area contributed by atoms with E-state index >= 15 is 0 Å². The van der Waals surface area contributed by atoms with Crippen molar-refractivity contribution in [2.75, 3.05) is 56.5 Å². The van der Waals surface area contributed by atoms with Crippen LogP contribution in [0.15, 0.2) is 76.7 Å². The number of carbonyl (C=O) groups excluding carboxylic acids is 1. The van der Waals surface area contributed by atoms with Crippen LogP contribution in [0.4, 0.5) is 11.4 Å². The molecule has 0 bridgehead atoms. The predicted octanol–water partition coefficient (Wildman–Crippen LogP) is 4.03. The van der Waals surface area contributed by atoms with Gasteiger partial charge in [0, 0.05) is 24.5 Å². The van der Waals surface area contributed by atoms with Gasteiger partial charge in [0.15, 0.2) is 5.16 Å². The molecular weight excluding hydrogens is 516 g/mol. The minimum Gasteiger partial charge on any atom is -0.497 e. The Morgan fingerprint density at radius 2 is 1.64 bits per heavy atom. The summed E-state index contributed by atoms with van der Waals surface area (Å²) in [5.74, 6) is 1.35. The number of amides is 1. The minimum atomic E-state index is -0.196. The Morgan fingerprint density at radius 3 is 2.31 bits per heavy atom. The van der Waals surface area contributed by atoms with Crippen LogP contribution in [0.3, 0.4) is 0 Å². The van der Waals surface area contributed by atoms with Crippen molar-refractivity contribution in [3.63, 3.8) is 0 Å². The van der Waals surface area contributed by atoms with Crippen LogP contribution in [-0.4, -0.2) is 61.7 Å². The fraction of sp³-hybridized carbons (Fsp3) is 0.276. The first-order valence-electron chi connectivity index (χ1n) is 12.6. The molecule has 0 aliphatic carbocycles. The van der Waals surface area contributed by atoms with Crippen LogP contribution in [0.1, 0.15) is 5.56 Å². The molecule has 1 aliphatic rings. The fourth-order valence-corrected chi connectivity index (χ4v) is 5.17. The highest BCUT2D eigenvalue weighted by Gasteiger charge is 2.17. The molecule has 1 saturated heterocycles. The maximum atomic E-state index is 13.8. The second kappa shape index (κ2) is 12.2. The minimum absolute atomic E-state index is 0.0957. The zero-order chi connectivity index (χ0) is 27.2. The fourth-order valence-electron chi connectivity index (χ4n) is 4.37. The number of aromatic nitrogens is 2. The van der Waals surface area contributed by atoms with E-state index in [1.54, 1.807) is 43.1 Å². The van der Waals surface area contributed by atoms with Crippen molar-refractivity contribution >= 4 is 39.9 Å². The average molecular weight is 547 g/mol. The standard InChI is InChI=1S/C29H30N4O5S/c1-36-23-8-3-20(4-9-23)18-33-28(35)25-17-22(32-13-15-38-16-14-32)7-12-26(25)31-29(33)39-19-27(34)30-21-5-10-24(37-2)11-6-21/h3-12,17H,13-16,18-19H2,1-2H3,(H,30,34). The second-order valence-corrected chi connectivity index (χ2v) is 9.94. The maximum absolute atomic E-state index is 13.8. The van der Waals surface area contributed by atoms with Gasteiger partial charge in [0.1, 0.15) is 11.5 Å². The lowest BCUT2D eigenvalue weighted by Gasteiger charge is -2.29. The Bertz CT molecular complexity index is 1500. The molecule has 39 heavy (non-hydrogen) atoms. The summed E-state index contributed by atoms with van der Waals surface area (Å²) < 4.78 is 17.6. The van der Waals surface area contributed by atoms with Gasteiger partial charge in [-0.2, -0.15) is 0 Å². The third-order valence-corrected chi connectivity index (χ3v) is 7.46. The van der Waals surface area contributed by atoms with Gasteiger partial charge >= 0.3 is 0 Å². The summed E-state index contributed by atoms with van der Waals surface area (Å²) in [4.78, 5) is 33.6. The van der Waals surface area contributed by atoms with Gasteiger partial charge in [-0.05, 0) is 60.2 Å². The van der Waals surface area contributed by atoms with E-state index in [9.17, 15) is 9.59 Å². The third-order valence-electron chi connectivity index (χ3n) is 6.48. The molecule has 9 nitrogen and oxygen atoms in total. The van der Waals surface area contributed by atoms with E-state index in [4.69, 9.17) is 19.2 Å². The average Bonchev–Trinajstić information content (AvgIpc) is 2.98. The lowest BCUT2D eigenvalue weighted by Crippen LogP contribution is -2.36. The number of hydrogen-bond donors (Lipinski definition) is 1. The monoisotopic (exact) mass is 546 g/mol. The molecule has 1 aromatic heterocycles. The summed E-state index contributed by atoms with van der Waals surface area (Å²) in [7, 11) is 3.21. The van der Waals surface area contributed by atoms with E-state index in [-0.39, 0.29) is 17.2 Å². The quantitative estimate of drug-likeness (QED) is 0.248. The van der Waals surface area contributed by atoms with Gasteiger partial charge in [-0.3, -0.25) is 14.2 Å². The van der Waals surface area contributed by atoms with E-state index in [2.05, 4.69) is 10.2 Å². The Kier molecular flexibility index (Phi) is 8.33. The van der Waals surface area contributed by atoms with E-state index < -0.39 is 0 Å². The first kappa shape index (κ1) is 26.6. The van der Waals surface area contributed by atoms with Crippen molar-refractivity contribution in [3.05, 3.63) is 82.6 Å². The Labute approximate surface area is 230 Å². The maximum Gasteiger partial charge on any atom is 0.262 e. The summed E-state index contributed by atoms with van der Waals surface area (Å²) in [6.45, 7) is 3.18. The van der Waals surface area contributed by atoms with Crippen molar-refractivity contribution in [2.45, 2.75) is 11.7 Å². The van der Waals surface area contributed by atoms with E-state index in [0.29, 0.717) is 47.3 Å². The van der Waals surface area contributed by atoms with Crippen molar-refractivity contribution in [2.24, 2.45) is 0 Å². The van der Waals surface area contributed by atoms with Crippen LogP contribution in [-0.2, 0) is 16.1 Å². The molecule has 1 amide bonds. The van der Waals surface area contributed by atoms with E-state index in [1.165, 1.54) is 11.8 Å². The second-order valence-electron chi connectivity index (χ2n) is 9.00. The number of fused-ring (bicyclic) bond motifs is 1. The number of ether oxygens (including phenoxy) is 3. The van der Waals surface area contributed by atoms with Crippen molar-refractivity contribution in [1.29, 1.82) is 0 Å². The normalized spacial score (nSPS) is 13.3. The van der Waals surface area contributed by atoms with Gasteiger partial charge in [-0.1, -0.05) is 23.9 Å². The van der Waals surface area contributed by atoms with Crippen molar-refractivity contribution in [3.8, 4) is 11.5 Å². The van der Waals surface area contributed by atoms with E-state index in [1.807, 2.05) is 42.5 Å². The molecule has 0 atom stereocenters. The van der Waals surface area contributed by atoms with Crippen LogP contribution in [0, 0.1) is 0 Å². The zero-order valence-electron chi connectivity index (χ0n) is 21.9. The molecule has 10 heteroatoms. The van der Waals surface area contributed by atoms with Gasteiger partial charge in [0.05, 0.1) is 50.6 Å². The smallest absolute Gasteiger partial charge is 0.262 e. The predicted molar refractivity (Wildman–Crippen MR) is 153 cm³/mol. The van der Waals surface area contributed by atoms with E-state index in [0.717, 1.165) is 30.1 Å². The number of methoxy groups -OCH3 is 2. The highest BCUT2D eigenvalue weighted by molar-refractivity contribution is 7.99. The van der Waals surface area contributed by atoms with Crippen molar-refractivity contribution < 1.29 is 19.0 Å². The molecular formula is C29H30N4O5S. The number of hydrogen-bond acceptors (Lipinski definition) is 8. The number of morpholine rings is 1. The molecule has 2 heterocycles. The lowest BCUT2D eigenvalue weighted by molar-refractivity contribution is -0.113. The Morgan fingerprint density at radius 1 is 0.974 bits per heavy atom. The summed E-state index contributed by atoms with van der Waals surface area (Å²) in [6.07, 6.45) is 0. The van der Waals surface area contributed by atoms with Crippen LogP contribution < -0.4 is 25.2 Å². The van der Waals surface area contributed by atoms with Gasteiger partial charge in [-0.15, -0.1) is 0 Å². The molecule has 5 rings (SSSR count). The molecule has 202 valence electrons. The SMILES string of the molecule is COc1ccc(Cn2c(SCC(=O)Nc3ccc(OC)cc3)nc3ccc(N4CCOCC4)cc3c2=O)cc1. The number of carbonyl (C=O) groups is 1. The molecule has 1 fully saturated rings. The molecule has 0 saturated carbocycles. The molecule has 0 unspecified atom stereocenters. The summed E-state index contributed by atoms with van der Waals surface area (Å²) in [5.41, 5.74) is 3.01.